The standard InChI is InChI=1S/C9H16N6.ClH/c1-14(8-4-10-5-8)6-9-11-12-13-15(9)7-2-3-7;/h7-8,10H,2-6H2,1H3;1H. The van der Waals surface area contributed by atoms with Gasteiger partial charge in [-0.15, -0.1) is 17.5 Å². The van der Waals surface area contributed by atoms with Crippen molar-refractivity contribution in [3.8, 4) is 0 Å². The summed E-state index contributed by atoms with van der Waals surface area (Å²) in [6.07, 6.45) is 2.46. The molecule has 1 saturated carbocycles. The van der Waals surface area contributed by atoms with Crippen LogP contribution in [0.5, 0.6) is 0 Å². The highest BCUT2D eigenvalue weighted by Gasteiger charge is 2.29. The minimum absolute atomic E-state index is 0. The van der Waals surface area contributed by atoms with Gasteiger partial charge < -0.3 is 5.32 Å². The lowest BCUT2D eigenvalue weighted by atomic mass is 10.1. The van der Waals surface area contributed by atoms with Gasteiger partial charge in [-0.25, -0.2) is 4.68 Å². The molecule has 1 saturated heterocycles. The molecule has 0 unspecified atom stereocenters. The summed E-state index contributed by atoms with van der Waals surface area (Å²) in [6.45, 7) is 3.03. The molecular formula is C9H17ClN6. The Morgan fingerprint density at radius 2 is 2.19 bits per heavy atom. The summed E-state index contributed by atoms with van der Waals surface area (Å²) in [5, 5.41) is 15.2. The normalized spacial score (nSPS) is 20.6. The molecule has 0 aromatic carbocycles. The van der Waals surface area contributed by atoms with E-state index in [0.717, 1.165) is 25.5 Å². The Morgan fingerprint density at radius 1 is 1.44 bits per heavy atom. The number of hydrogen-bond acceptors (Lipinski definition) is 5. The molecule has 2 aliphatic rings. The molecule has 0 radical (unpaired) electrons. The van der Waals surface area contributed by atoms with Gasteiger partial charge in [0.2, 0.25) is 0 Å². The number of hydrogen-bond donors (Lipinski definition) is 1. The number of nitrogens with one attached hydrogen (secondary N) is 1. The summed E-state index contributed by atoms with van der Waals surface area (Å²) >= 11 is 0. The number of aromatic nitrogens is 4. The molecule has 1 aromatic rings. The van der Waals surface area contributed by atoms with E-state index in [2.05, 4.69) is 32.8 Å². The first-order valence-corrected chi connectivity index (χ1v) is 5.52. The molecule has 1 aliphatic heterocycles. The zero-order chi connectivity index (χ0) is 10.3. The Hall–Kier alpha value is -0.720. The first-order chi connectivity index (χ1) is 7.34. The van der Waals surface area contributed by atoms with Crippen LogP contribution in [0.4, 0.5) is 0 Å². The van der Waals surface area contributed by atoms with Gasteiger partial charge in [-0.05, 0) is 30.3 Å². The van der Waals surface area contributed by atoms with E-state index in [0.29, 0.717) is 12.1 Å². The van der Waals surface area contributed by atoms with E-state index in [1.807, 2.05) is 4.68 Å². The van der Waals surface area contributed by atoms with Crippen LogP contribution in [0.2, 0.25) is 0 Å². The molecule has 90 valence electrons. The number of tetrazole rings is 1. The second-order valence-electron chi connectivity index (χ2n) is 4.50. The third kappa shape index (κ3) is 2.18. The van der Waals surface area contributed by atoms with E-state index in [-0.39, 0.29) is 12.4 Å². The van der Waals surface area contributed by atoms with Crippen LogP contribution in [0.25, 0.3) is 0 Å². The third-order valence-corrected chi connectivity index (χ3v) is 3.23. The van der Waals surface area contributed by atoms with Crippen molar-refractivity contribution in [2.75, 3.05) is 20.1 Å². The van der Waals surface area contributed by atoms with Gasteiger partial charge in [0.1, 0.15) is 0 Å². The van der Waals surface area contributed by atoms with Gasteiger partial charge in [-0.3, -0.25) is 4.90 Å². The molecule has 6 nitrogen and oxygen atoms in total. The molecule has 2 fully saturated rings. The molecule has 0 bridgehead atoms. The van der Waals surface area contributed by atoms with Crippen LogP contribution in [-0.4, -0.2) is 51.3 Å². The minimum atomic E-state index is 0. The van der Waals surface area contributed by atoms with Gasteiger partial charge >= 0.3 is 0 Å². The molecule has 0 spiro atoms. The van der Waals surface area contributed by atoms with Gasteiger partial charge in [0.25, 0.3) is 0 Å². The SMILES string of the molecule is CN(Cc1nnnn1C1CC1)C1CNC1.Cl. The predicted molar refractivity (Wildman–Crippen MR) is 61.5 cm³/mol. The maximum atomic E-state index is 4.10. The Bertz CT molecular complexity index is 346. The van der Waals surface area contributed by atoms with Crippen molar-refractivity contribution >= 4 is 12.4 Å². The van der Waals surface area contributed by atoms with Crippen LogP contribution >= 0.6 is 12.4 Å². The van der Waals surface area contributed by atoms with Crippen LogP contribution in [0, 0.1) is 0 Å². The zero-order valence-electron chi connectivity index (χ0n) is 9.33. The van der Waals surface area contributed by atoms with Gasteiger partial charge in [-0.1, -0.05) is 0 Å². The van der Waals surface area contributed by atoms with Crippen molar-refractivity contribution in [2.45, 2.75) is 31.5 Å². The number of rotatable bonds is 4. The van der Waals surface area contributed by atoms with Crippen LogP contribution in [0.3, 0.4) is 0 Å². The monoisotopic (exact) mass is 244 g/mol. The lowest BCUT2D eigenvalue weighted by Gasteiger charge is -2.35. The van der Waals surface area contributed by atoms with Crippen LogP contribution in [-0.2, 0) is 6.54 Å². The molecule has 1 aromatic heterocycles. The molecule has 2 heterocycles. The maximum absolute atomic E-state index is 4.10. The van der Waals surface area contributed by atoms with Crippen molar-refractivity contribution in [2.24, 2.45) is 0 Å². The van der Waals surface area contributed by atoms with E-state index >= 15 is 0 Å². The second-order valence-corrected chi connectivity index (χ2v) is 4.50. The average Bonchev–Trinajstić information content (AvgIpc) is 2.85. The number of halogens is 1. The van der Waals surface area contributed by atoms with Crippen LogP contribution in [0.1, 0.15) is 24.7 Å². The van der Waals surface area contributed by atoms with Crippen molar-refractivity contribution in [1.29, 1.82) is 0 Å². The summed E-state index contributed by atoms with van der Waals surface area (Å²) in [6, 6.07) is 1.22. The van der Waals surface area contributed by atoms with Gasteiger partial charge in [0, 0.05) is 19.1 Å². The molecule has 7 heteroatoms. The molecule has 1 aliphatic carbocycles. The Kier molecular flexibility index (Phi) is 3.41. The quantitative estimate of drug-likeness (QED) is 0.797. The molecular weight excluding hydrogens is 228 g/mol. The van der Waals surface area contributed by atoms with Gasteiger partial charge in [0.15, 0.2) is 5.82 Å². The third-order valence-electron chi connectivity index (χ3n) is 3.23. The van der Waals surface area contributed by atoms with Gasteiger partial charge in [-0.2, -0.15) is 0 Å². The fraction of sp³-hybridized carbons (Fsp3) is 0.889. The fourth-order valence-electron chi connectivity index (χ4n) is 1.86. The molecule has 3 rings (SSSR count). The topological polar surface area (TPSA) is 58.9 Å². The average molecular weight is 245 g/mol. The first-order valence-electron chi connectivity index (χ1n) is 5.52. The summed E-state index contributed by atoms with van der Waals surface area (Å²) in [7, 11) is 2.14. The van der Waals surface area contributed by atoms with Crippen molar-refractivity contribution < 1.29 is 0 Å². The fourth-order valence-corrected chi connectivity index (χ4v) is 1.86. The summed E-state index contributed by atoms with van der Waals surface area (Å²) in [4.78, 5) is 2.32. The maximum Gasteiger partial charge on any atom is 0.165 e. The molecule has 0 atom stereocenters. The van der Waals surface area contributed by atoms with E-state index in [9.17, 15) is 0 Å². The Labute approximate surface area is 101 Å². The zero-order valence-corrected chi connectivity index (χ0v) is 10.2. The van der Waals surface area contributed by atoms with Crippen molar-refractivity contribution in [3.63, 3.8) is 0 Å². The number of likely N-dealkylation sites (N-methyl/N-ethyl adjacent to an activating group) is 1. The largest absolute Gasteiger partial charge is 0.314 e. The highest BCUT2D eigenvalue weighted by Crippen LogP contribution is 2.34. The molecule has 0 amide bonds. The van der Waals surface area contributed by atoms with E-state index < -0.39 is 0 Å². The lowest BCUT2D eigenvalue weighted by molar-refractivity contribution is 0.167. The second kappa shape index (κ2) is 4.65. The Morgan fingerprint density at radius 3 is 2.75 bits per heavy atom. The van der Waals surface area contributed by atoms with Crippen molar-refractivity contribution in [3.05, 3.63) is 5.82 Å². The van der Waals surface area contributed by atoms with E-state index in [4.69, 9.17) is 0 Å². The number of nitrogens with zero attached hydrogens (tertiary/aromatic N) is 5. The Balaban J connectivity index is 0.000000963. The van der Waals surface area contributed by atoms with Gasteiger partial charge in [0.05, 0.1) is 12.6 Å². The molecule has 1 N–H and O–H groups in total. The smallest absolute Gasteiger partial charge is 0.165 e. The predicted octanol–water partition coefficient (Wildman–Crippen LogP) is -0.167. The summed E-state index contributed by atoms with van der Waals surface area (Å²) < 4.78 is 1.99. The summed E-state index contributed by atoms with van der Waals surface area (Å²) in [5.74, 6) is 1.01. The highest BCUT2D eigenvalue weighted by atomic mass is 35.5. The van der Waals surface area contributed by atoms with Crippen LogP contribution < -0.4 is 5.32 Å². The highest BCUT2D eigenvalue weighted by molar-refractivity contribution is 5.85. The summed E-state index contributed by atoms with van der Waals surface area (Å²) in [5.41, 5.74) is 0. The first kappa shape index (κ1) is 11.8. The van der Waals surface area contributed by atoms with E-state index in [1.165, 1.54) is 12.8 Å². The molecule has 16 heavy (non-hydrogen) atoms. The van der Waals surface area contributed by atoms with Crippen molar-refractivity contribution in [1.82, 2.24) is 30.4 Å². The minimum Gasteiger partial charge on any atom is -0.314 e. The van der Waals surface area contributed by atoms with Crippen LogP contribution in [0.15, 0.2) is 0 Å². The van der Waals surface area contributed by atoms with E-state index in [1.54, 1.807) is 0 Å². The lowest BCUT2D eigenvalue weighted by Crippen LogP contribution is -2.55.